The largest absolute Gasteiger partial charge is 0.385 e. The zero-order valence-electron chi connectivity index (χ0n) is 10.5. The maximum atomic E-state index is 11.6. The van der Waals surface area contributed by atoms with Gasteiger partial charge in [0.1, 0.15) is 5.60 Å². The number of hydrogen-bond donors (Lipinski definition) is 2. The first-order valence-corrected chi connectivity index (χ1v) is 6.18. The van der Waals surface area contributed by atoms with E-state index in [4.69, 9.17) is 4.74 Å². The van der Waals surface area contributed by atoms with Crippen LogP contribution in [-0.2, 0) is 16.1 Å². The van der Waals surface area contributed by atoms with E-state index in [0.29, 0.717) is 26.0 Å². The Morgan fingerprint density at radius 2 is 2.56 bits per heavy atom. The van der Waals surface area contributed by atoms with Crippen molar-refractivity contribution in [2.75, 3.05) is 13.2 Å². The van der Waals surface area contributed by atoms with Gasteiger partial charge in [0.05, 0.1) is 6.10 Å². The number of carbonyl (C=O) groups is 1. The number of aliphatic hydroxyl groups is 1. The Kier molecular flexibility index (Phi) is 3.98. The summed E-state index contributed by atoms with van der Waals surface area (Å²) < 4.78 is 7.01. The van der Waals surface area contributed by atoms with Crippen LogP contribution in [0, 0.1) is 0 Å². The van der Waals surface area contributed by atoms with E-state index in [1.54, 1.807) is 10.9 Å². The van der Waals surface area contributed by atoms with Gasteiger partial charge in [0.15, 0.2) is 0 Å². The number of nitrogens with one attached hydrogen (secondary N) is 1. The van der Waals surface area contributed by atoms with Crippen LogP contribution >= 0.6 is 0 Å². The minimum atomic E-state index is -0.929. The van der Waals surface area contributed by atoms with Gasteiger partial charge in [0.2, 0.25) is 5.91 Å². The fourth-order valence-corrected chi connectivity index (χ4v) is 1.99. The van der Waals surface area contributed by atoms with Crippen LogP contribution in [0.15, 0.2) is 18.5 Å². The molecular weight excluding hydrogens is 234 g/mol. The third-order valence-electron chi connectivity index (χ3n) is 3.38. The second kappa shape index (κ2) is 5.49. The fraction of sp³-hybridized carbons (Fsp3) is 0.667. The van der Waals surface area contributed by atoms with Gasteiger partial charge in [-0.15, -0.1) is 0 Å². The number of carbonyl (C=O) groups excluding carboxylic acids is 1. The third kappa shape index (κ3) is 3.08. The Balaban J connectivity index is 1.71. The molecule has 100 valence electrons. The number of hydrogen-bond acceptors (Lipinski definition) is 4. The predicted molar refractivity (Wildman–Crippen MR) is 64.8 cm³/mol. The van der Waals surface area contributed by atoms with E-state index in [2.05, 4.69) is 10.4 Å². The molecule has 1 aromatic rings. The zero-order valence-corrected chi connectivity index (χ0v) is 10.5. The lowest BCUT2D eigenvalue weighted by atomic mass is 9.97. The highest BCUT2D eigenvalue weighted by Crippen LogP contribution is 2.24. The highest BCUT2D eigenvalue weighted by Gasteiger charge is 2.39. The van der Waals surface area contributed by atoms with Crippen LogP contribution in [-0.4, -0.2) is 45.7 Å². The van der Waals surface area contributed by atoms with Crippen LogP contribution in [0.3, 0.4) is 0 Å². The molecule has 1 aliphatic heterocycles. The Morgan fingerprint density at radius 1 is 1.72 bits per heavy atom. The van der Waals surface area contributed by atoms with Gasteiger partial charge in [-0.1, -0.05) is 0 Å². The van der Waals surface area contributed by atoms with E-state index in [-0.39, 0.29) is 18.6 Å². The van der Waals surface area contributed by atoms with Crippen molar-refractivity contribution < 1.29 is 14.6 Å². The van der Waals surface area contributed by atoms with Gasteiger partial charge in [-0.05, 0) is 13.0 Å². The van der Waals surface area contributed by atoms with Gasteiger partial charge >= 0.3 is 0 Å². The van der Waals surface area contributed by atoms with Gasteiger partial charge in [0, 0.05) is 44.9 Å². The maximum Gasteiger partial charge on any atom is 0.221 e. The molecule has 1 aromatic heterocycles. The van der Waals surface area contributed by atoms with Crippen LogP contribution < -0.4 is 5.32 Å². The summed E-state index contributed by atoms with van der Waals surface area (Å²) in [6, 6.07) is 1.82. The van der Waals surface area contributed by atoms with Gasteiger partial charge in [-0.3, -0.25) is 9.48 Å². The molecule has 2 N–H and O–H groups in total. The van der Waals surface area contributed by atoms with E-state index in [1.165, 1.54) is 0 Å². The SMILES string of the molecule is CC1OCCC1(O)CNC(=O)CCn1cccn1. The van der Waals surface area contributed by atoms with Crippen molar-refractivity contribution in [3.05, 3.63) is 18.5 Å². The highest BCUT2D eigenvalue weighted by molar-refractivity contribution is 5.75. The van der Waals surface area contributed by atoms with Crippen LogP contribution in [0.5, 0.6) is 0 Å². The topological polar surface area (TPSA) is 76.4 Å². The molecule has 1 amide bonds. The second-order valence-corrected chi connectivity index (χ2v) is 4.66. The molecule has 2 heterocycles. The first-order chi connectivity index (χ1) is 8.60. The van der Waals surface area contributed by atoms with Crippen LogP contribution in [0.2, 0.25) is 0 Å². The van der Waals surface area contributed by atoms with Crippen LogP contribution in [0.1, 0.15) is 19.8 Å². The fourth-order valence-electron chi connectivity index (χ4n) is 1.99. The molecule has 6 nitrogen and oxygen atoms in total. The van der Waals surface area contributed by atoms with Crippen LogP contribution in [0.25, 0.3) is 0 Å². The van der Waals surface area contributed by atoms with Crippen molar-refractivity contribution in [3.63, 3.8) is 0 Å². The molecule has 0 aliphatic carbocycles. The molecule has 18 heavy (non-hydrogen) atoms. The summed E-state index contributed by atoms with van der Waals surface area (Å²) in [6.07, 6.45) is 4.18. The molecule has 0 spiro atoms. The summed E-state index contributed by atoms with van der Waals surface area (Å²) in [4.78, 5) is 11.6. The molecular formula is C12H19N3O3. The highest BCUT2D eigenvalue weighted by atomic mass is 16.5. The van der Waals surface area contributed by atoms with Crippen molar-refractivity contribution in [3.8, 4) is 0 Å². The van der Waals surface area contributed by atoms with Crippen molar-refractivity contribution >= 4 is 5.91 Å². The summed E-state index contributed by atoms with van der Waals surface area (Å²) in [7, 11) is 0. The summed E-state index contributed by atoms with van der Waals surface area (Å²) in [6.45, 7) is 3.15. The average molecular weight is 253 g/mol. The number of amides is 1. The Morgan fingerprint density at radius 3 is 3.17 bits per heavy atom. The van der Waals surface area contributed by atoms with E-state index in [0.717, 1.165) is 0 Å². The lowest BCUT2D eigenvalue weighted by molar-refractivity contribution is -0.123. The molecule has 1 saturated heterocycles. The monoisotopic (exact) mass is 253 g/mol. The smallest absolute Gasteiger partial charge is 0.221 e. The number of nitrogens with zero attached hydrogens (tertiary/aromatic N) is 2. The standard InChI is InChI=1S/C12H19N3O3/c1-10-12(17,4-8-18-10)9-13-11(16)3-7-15-6-2-5-14-15/h2,5-6,10,17H,3-4,7-9H2,1H3,(H,13,16). The second-order valence-electron chi connectivity index (χ2n) is 4.66. The molecule has 2 rings (SSSR count). The minimum absolute atomic E-state index is 0.0852. The molecule has 1 fully saturated rings. The molecule has 0 bridgehead atoms. The van der Waals surface area contributed by atoms with E-state index in [1.807, 2.05) is 19.2 Å². The van der Waals surface area contributed by atoms with Gasteiger partial charge in [-0.2, -0.15) is 5.10 Å². The summed E-state index contributed by atoms with van der Waals surface area (Å²) in [5.41, 5.74) is -0.929. The van der Waals surface area contributed by atoms with E-state index >= 15 is 0 Å². The quantitative estimate of drug-likeness (QED) is 0.770. The first kappa shape index (κ1) is 13.0. The molecule has 2 unspecified atom stereocenters. The molecule has 6 heteroatoms. The van der Waals surface area contributed by atoms with Crippen molar-refractivity contribution in [1.82, 2.24) is 15.1 Å². The Labute approximate surface area is 106 Å². The number of aryl methyl sites for hydroxylation is 1. The lowest BCUT2D eigenvalue weighted by Gasteiger charge is -2.26. The Bertz CT molecular complexity index is 393. The van der Waals surface area contributed by atoms with Crippen LogP contribution in [0.4, 0.5) is 0 Å². The van der Waals surface area contributed by atoms with Crippen molar-refractivity contribution in [1.29, 1.82) is 0 Å². The number of rotatable bonds is 5. The number of aromatic nitrogens is 2. The molecule has 0 saturated carbocycles. The van der Waals surface area contributed by atoms with Crippen molar-refractivity contribution in [2.45, 2.75) is 38.0 Å². The normalized spacial score (nSPS) is 27.3. The van der Waals surface area contributed by atoms with Gasteiger partial charge < -0.3 is 15.2 Å². The average Bonchev–Trinajstić information content (AvgIpc) is 2.96. The molecule has 0 aromatic carbocycles. The molecule has 2 atom stereocenters. The third-order valence-corrected chi connectivity index (χ3v) is 3.38. The van der Waals surface area contributed by atoms with Gasteiger partial charge in [0.25, 0.3) is 0 Å². The van der Waals surface area contributed by atoms with E-state index in [9.17, 15) is 9.90 Å². The molecule has 0 radical (unpaired) electrons. The first-order valence-electron chi connectivity index (χ1n) is 6.18. The van der Waals surface area contributed by atoms with E-state index < -0.39 is 5.60 Å². The maximum absolute atomic E-state index is 11.6. The lowest BCUT2D eigenvalue weighted by Crippen LogP contribution is -2.47. The molecule has 1 aliphatic rings. The number of ether oxygens (including phenoxy) is 1. The Hall–Kier alpha value is -1.40. The minimum Gasteiger partial charge on any atom is -0.385 e. The summed E-state index contributed by atoms with van der Waals surface area (Å²) >= 11 is 0. The predicted octanol–water partition coefficient (Wildman–Crippen LogP) is -0.0707. The summed E-state index contributed by atoms with van der Waals surface area (Å²) in [5, 5.41) is 17.0. The van der Waals surface area contributed by atoms with Crippen molar-refractivity contribution in [2.24, 2.45) is 0 Å². The zero-order chi connectivity index (χ0) is 13.0. The summed E-state index contributed by atoms with van der Waals surface area (Å²) in [5.74, 6) is -0.0852. The van der Waals surface area contributed by atoms with Gasteiger partial charge in [-0.25, -0.2) is 0 Å².